The third kappa shape index (κ3) is 3.88. The maximum absolute atomic E-state index is 12.9. The van der Waals surface area contributed by atoms with Crippen molar-refractivity contribution in [2.24, 2.45) is 5.92 Å². The topological polar surface area (TPSA) is 92.8 Å². The van der Waals surface area contributed by atoms with E-state index in [9.17, 15) is 19.2 Å². The largest absolute Gasteiger partial charge is 0.469 e. The fourth-order valence-electron chi connectivity index (χ4n) is 4.28. The Hall–Kier alpha value is -3.32. The number of esters is 1. The zero-order chi connectivity index (χ0) is 22.1. The van der Waals surface area contributed by atoms with Crippen LogP contribution < -0.4 is 5.32 Å². The second kappa shape index (κ2) is 8.43. The van der Waals surface area contributed by atoms with Gasteiger partial charge in [-0.25, -0.2) is 0 Å². The third-order valence-electron chi connectivity index (χ3n) is 6.18. The van der Waals surface area contributed by atoms with Crippen molar-refractivity contribution in [2.45, 2.75) is 25.8 Å². The highest BCUT2D eigenvalue weighted by Gasteiger charge is 2.32. The Morgan fingerprint density at radius 1 is 0.968 bits per heavy atom. The van der Waals surface area contributed by atoms with Crippen LogP contribution in [0.25, 0.3) is 0 Å². The first-order chi connectivity index (χ1) is 14.9. The Labute approximate surface area is 180 Å². The molecule has 31 heavy (non-hydrogen) atoms. The highest BCUT2D eigenvalue weighted by Crippen LogP contribution is 2.29. The van der Waals surface area contributed by atoms with Crippen molar-refractivity contribution in [3.05, 3.63) is 64.7 Å². The minimum atomic E-state index is -0.396. The van der Waals surface area contributed by atoms with Crippen molar-refractivity contribution in [2.75, 3.05) is 25.5 Å². The first-order valence-corrected chi connectivity index (χ1v) is 10.4. The van der Waals surface area contributed by atoms with Gasteiger partial charge in [0.1, 0.15) is 0 Å². The number of carbonyl (C=O) groups is 4. The van der Waals surface area contributed by atoms with E-state index < -0.39 is 6.04 Å². The van der Waals surface area contributed by atoms with E-state index in [2.05, 4.69) is 5.32 Å². The van der Waals surface area contributed by atoms with Crippen LogP contribution >= 0.6 is 0 Å². The number of nitrogens with zero attached hydrogens (tertiary/aromatic N) is 1. The van der Waals surface area contributed by atoms with Crippen molar-refractivity contribution in [3.63, 3.8) is 0 Å². The summed E-state index contributed by atoms with van der Waals surface area (Å²) in [5, 5.41) is 2.86. The van der Waals surface area contributed by atoms with Gasteiger partial charge in [0.25, 0.3) is 0 Å². The summed E-state index contributed by atoms with van der Waals surface area (Å²) in [7, 11) is 1.39. The number of amides is 1. The van der Waals surface area contributed by atoms with Crippen molar-refractivity contribution in [1.29, 1.82) is 0 Å². The van der Waals surface area contributed by atoms with Gasteiger partial charge >= 0.3 is 5.97 Å². The van der Waals surface area contributed by atoms with Crippen molar-refractivity contribution in [1.82, 2.24) is 4.90 Å². The minimum absolute atomic E-state index is 0.122. The molecule has 1 amide bonds. The molecule has 160 valence electrons. The molecule has 0 unspecified atom stereocenters. The number of carbonyl (C=O) groups excluding carboxylic acids is 4. The monoisotopic (exact) mass is 420 g/mol. The molecule has 1 heterocycles. The van der Waals surface area contributed by atoms with E-state index in [0.717, 1.165) is 0 Å². The van der Waals surface area contributed by atoms with Gasteiger partial charge in [0, 0.05) is 27.9 Å². The number of ether oxygens (including phenoxy) is 1. The number of methoxy groups -OCH3 is 1. The van der Waals surface area contributed by atoms with E-state index in [1.807, 2.05) is 11.8 Å². The summed E-state index contributed by atoms with van der Waals surface area (Å²) >= 11 is 0. The molecule has 1 aliphatic heterocycles. The number of piperidine rings is 1. The average Bonchev–Trinajstić information content (AvgIpc) is 2.81. The summed E-state index contributed by atoms with van der Waals surface area (Å²) in [6.07, 6.45) is 1.30. The average molecular weight is 420 g/mol. The number of fused-ring (bicyclic) bond motifs is 2. The molecule has 2 aliphatic rings. The summed E-state index contributed by atoms with van der Waals surface area (Å²) in [4.78, 5) is 52.1. The van der Waals surface area contributed by atoms with E-state index in [-0.39, 0.29) is 29.4 Å². The van der Waals surface area contributed by atoms with Gasteiger partial charge in [-0.2, -0.15) is 0 Å². The molecular formula is C24H24N2O5. The van der Waals surface area contributed by atoms with Gasteiger partial charge in [-0.15, -0.1) is 0 Å². The van der Waals surface area contributed by atoms with Crippen LogP contribution in [0.1, 0.15) is 51.6 Å². The summed E-state index contributed by atoms with van der Waals surface area (Å²) in [6, 6.07) is 11.2. The standard InChI is InChI=1S/C24H24N2O5/c1-14(26-11-9-15(10-12-26)24(30)31-2)23(29)25-16-7-8-19-20(13-16)22(28)18-6-4-3-5-17(18)21(19)27/h3-8,13-15H,9-12H2,1-2H3,(H,25,29)/t14-/m1/s1. The van der Waals surface area contributed by atoms with E-state index >= 15 is 0 Å². The number of anilines is 1. The first kappa shape index (κ1) is 20.9. The van der Waals surface area contributed by atoms with Crippen LogP contribution in [0.4, 0.5) is 5.69 Å². The number of ketones is 2. The van der Waals surface area contributed by atoms with Crippen molar-refractivity contribution >= 4 is 29.1 Å². The summed E-state index contributed by atoms with van der Waals surface area (Å²) in [5.74, 6) is -0.939. The van der Waals surface area contributed by atoms with Gasteiger partial charge < -0.3 is 10.1 Å². The molecule has 0 spiro atoms. The van der Waals surface area contributed by atoms with E-state index in [4.69, 9.17) is 4.74 Å². The molecule has 7 heteroatoms. The molecule has 1 aliphatic carbocycles. The minimum Gasteiger partial charge on any atom is -0.469 e. The smallest absolute Gasteiger partial charge is 0.308 e. The first-order valence-electron chi connectivity index (χ1n) is 10.4. The predicted molar refractivity (Wildman–Crippen MR) is 114 cm³/mol. The van der Waals surface area contributed by atoms with Gasteiger partial charge in [0.05, 0.1) is 19.1 Å². The molecule has 1 fully saturated rings. The fourth-order valence-corrected chi connectivity index (χ4v) is 4.28. The van der Waals surface area contributed by atoms with Crippen LogP contribution in [0.5, 0.6) is 0 Å². The Kier molecular flexibility index (Phi) is 5.69. The van der Waals surface area contributed by atoms with Crippen LogP contribution in [0.2, 0.25) is 0 Å². The number of hydrogen-bond acceptors (Lipinski definition) is 6. The van der Waals surface area contributed by atoms with Gasteiger partial charge in [-0.3, -0.25) is 24.1 Å². The van der Waals surface area contributed by atoms with Gasteiger partial charge in [-0.1, -0.05) is 24.3 Å². The Bertz CT molecular complexity index is 1070. The number of likely N-dealkylation sites (tertiary alicyclic amines) is 1. The molecule has 0 bridgehead atoms. The second-order valence-corrected chi connectivity index (χ2v) is 7.96. The second-order valence-electron chi connectivity index (χ2n) is 7.96. The van der Waals surface area contributed by atoms with Gasteiger partial charge in [0.15, 0.2) is 11.6 Å². The van der Waals surface area contributed by atoms with E-state index in [1.165, 1.54) is 7.11 Å². The lowest BCUT2D eigenvalue weighted by atomic mass is 9.84. The van der Waals surface area contributed by atoms with Crippen LogP contribution in [0.3, 0.4) is 0 Å². The van der Waals surface area contributed by atoms with Gasteiger partial charge in [-0.05, 0) is 51.1 Å². The fraction of sp³-hybridized carbons (Fsp3) is 0.333. The van der Waals surface area contributed by atoms with Crippen LogP contribution in [-0.2, 0) is 14.3 Å². The molecule has 0 saturated carbocycles. The zero-order valence-corrected chi connectivity index (χ0v) is 17.5. The highest BCUT2D eigenvalue weighted by atomic mass is 16.5. The van der Waals surface area contributed by atoms with Crippen molar-refractivity contribution < 1.29 is 23.9 Å². The quantitative estimate of drug-likeness (QED) is 0.653. The Morgan fingerprint density at radius 2 is 1.55 bits per heavy atom. The molecule has 2 aromatic rings. The maximum atomic E-state index is 12.9. The summed E-state index contributed by atoms with van der Waals surface area (Å²) in [5.41, 5.74) is 1.90. The molecular weight excluding hydrogens is 396 g/mol. The van der Waals surface area contributed by atoms with E-state index in [1.54, 1.807) is 42.5 Å². The molecule has 1 saturated heterocycles. The lowest BCUT2D eigenvalue weighted by Crippen LogP contribution is -2.47. The molecule has 4 rings (SSSR count). The predicted octanol–water partition coefficient (Wildman–Crippen LogP) is 2.67. The number of rotatable bonds is 4. The summed E-state index contributed by atoms with van der Waals surface area (Å²) < 4.78 is 4.81. The molecule has 1 N–H and O–H groups in total. The summed E-state index contributed by atoms with van der Waals surface area (Å²) in [6.45, 7) is 3.07. The number of hydrogen-bond donors (Lipinski definition) is 1. The molecule has 0 radical (unpaired) electrons. The third-order valence-corrected chi connectivity index (χ3v) is 6.18. The van der Waals surface area contributed by atoms with Gasteiger partial charge in [0.2, 0.25) is 5.91 Å². The molecule has 2 aromatic carbocycles. The maximum Gasteiger partial charge on any atom is 0.308 e. The highest BCUT2D eigenvalue weighted by molar-refractivity contribution is 6.28. The molecule has 0 aromatic heterocycles. The number of nitrogens with one attached hydrogen (secondary N) is 1. The lowest BCUT2D eigenvalue weighted by molar-refractivity contribution is -0.147. The molecule has 1 atom stereocenters. The van der Waals surface area contributed by atoms with E-state index in [0.29, 0.717) is 53.9 Å². The Balaban J connectivity index is 1.46. The van der Waals surface area contributed by atoms with Crippen molar-refractivity contribution in [3.8, 4) is 0 Å². The number of benzene rings is 2. The van der Waals surface area contributed by atoms with Crippen LogP contribution in [0.15, 0.2) is 42.5 Å². The normalized spacial score (nSPS) is 17.5. The Morgan fingerprint density at radius 3 is 2.16 bits per heavy atom. The van der Waals surface area contributed by atoms with Crippen LogP contribution in [0, 0.1) is 5.92 Å². The van der Waals surface area contributed by atoms with Crippen LogP contribution in [-0.4, -0.2) is 54.6 Å². The molecule has 7 nitrogen and oxygen atoms in total. The SMILES string of the molecule is COC(=O)C1CCN([C@H](C)C(=O)Nc2ccc3c(c2)C(=O)c2ccccc2C3=O)CC1. The zero-order valence-electron chi connectivity index (χ0n) is 17.5. The lowest BCUT2D eigenvalue weighted by Gasteiger charge is -2.34.